The second-order valence-corrected chi connectivity index (χ2v) is 4.56. The molecule has 0 atom stereocenters. The summed E-state index contributed by atoms with van der Waals surface area (Å²) in [6.07, 6.45) is 5.52. The Morgan fingerprint density at radius 1 is 1.26 bits per heavy atom. The fraction of sp³-hybridized carbons (Fsp3) is 0.400. The molecule has 1 heterocycles. The summed E-state index contributed by atoms with van der Waals surface area (Å²) >= 11 is 0. The summed E-state index contributed by atoms with van der Waals surface area (Å²) in [5.74, 6) is 0.736. The largest absolute Gasteiger partial charge is 0.313 e. The average molecular weight is 261 g/mol. The molecule has 0 saturated carbocycles. The minimum atomic E-state index is -0.207. The van der Waals surface area contributed by atoms with E-state index < -0.39 is 0 Å². The van der Waals surface area contributed by atoms with Crippen molar-refractivity contribution < 1.29 is 4.39 Å². The summed E-state index contributed by atoms with van der Waals surface area (Å²) in [4.78, 5) is 4.27. The van der Waals surface area contributed by atoms with Crippen LogP contribution in [-0.2, 0) is 13.0 Å². The summed E-state index contributed by atoms with van der Waals surface area (Å²) in [6, 6.07) is 5.13. The standard InChI is InChI=1S/C15H20FN3/c1-3-5-17-11-12-8-13(16)10-14(9-12)19-7-6-18-15(19)4-2/h6-10,17H,3-5,11H2,1-2H3. The topological polar surface area (TPSA) is 29.9 Å². The van der Waals surface area contributed by atoms with E-state index in [9.17, 15) is 4.39 Å². The van der Waals surface area contributed by atoms with E-state index in [1.807, 2.05) is 23.8 Å². The lowest BCUT2D eigenvalue weighted by Gasteiger charge is -2.10. The van der Waals surface area contributed by atoms with Gasteiger partial charge in [0, 0.05) is 31.0 Å². The third-order valence-electron chi connectivity index (χ3n) is 3.01. The lowest BCUT2D eigenvalue weighted by Crippen LogP contribution is -2.14. The molecule has 0 unspecified atom stereocenters. The first-order chi connectivity index (χ1) is 9.24. The number of nitrogens with zero attached hydrogens (tertiary/aromatic N) is 2. The Morgan fingerprint density at radius 3 is 2.84 bits per heavy atom. The first-order valence-corrected chi connectivity index (χ1v) is 6.77. The molecule has 2 aromatic rings. The van der Waals surface area contributed by atoms with Gasteiger partial charge in [-0.15, -0.1) is 0 Å². The smallest absolute Gasteiger partial charge is 0.125 e. The van der Waals surface area contributed by atoms with Crippen molar-refractivity contribution in [1.82, 2.24) is 14.9 Å². The van der Waals surface area contributed by atoms with E-state index in [-0.39, 0.29) is 5.82 Å². The van der Waals surface area contributed by atoms with Gasteiger partial charge in [-0.25, -0.2) is 9.37 Å². The van der Waals surface area contributed by atoms with Gasteiger partial charge in [0.15, 0.2) is 0 Å². The highest BCUT2D eigenvalue weighted by Gasteiger charge is 2.06. The molecule has 19 heavy (non-hydrogen) atoms. The lowest BCUT2D eigenvalue weighted by atomic mass is 10.2. The van der Waals surface area contributed by atoms with Crippen molar-refractivity contribution in [3.63, 3.8) is 0 Å². The molecule has 0 bridgehead atoms. The van der Waals surface area contributed by atoms with Gasteiger partial charge in [0.05, 0.1) is 0 Å². The van der Waals surface area contributed by atoms with Crippen LogP contribution in [0.15, 0.2) is 30.6 Å². The summed E-state index contributed by atoms with van der Waals surface area (Å²) in [7, 11) is 0. The zero-order valence-corrected chi connectivity index (χ0v) is 11.5. The number of halogens is 1. The minimum absolute atomic E-state index is 0.207. The molecule has 2 rings (SSSR count). The van der Waals surface area contributed by atoms with Crippen molar-refractivity contribution in [2.45, 2.75) is 33.2 Å². The van der Waals surface area contributed by atoms with Crippen LogP contribution in [0.4, 0.5) is 4.39 Å². The molecule has 4 heteroatoms. The highest BCUT2D eigenvalue weighted by molar-refractivity contribution is 5.38. The summed E-state index contributed by atoms with van der Waals surface area (Å²) in [5, 5.41) is 3.29. The Morgan fingerprint density at radius 2 is 2.11 bits per heavy atom. The van der Waals surface area contributed by atoms with Crippen LogP contribution >= 0.6 is 0 Å². The Labute approximate surface area is 113 Å². The van der Waals surface area contributed by atoms with Crippen LogP contribution < -0.4 is 5.32 Å². The highest BCUT2D eigenvalue weighted by Crippen LogP contribution is 2.16. The van der Waals surface area contributed by atoms with Crippen molar-refractivity contribution in [1.29, 1.82) is 0 Å². The number of imidazole rings is 1. The molecule has 0 spiro atoms. The highest BCUT2D eigenvalue weighted by atomic mass is 19.1. The molecule has 0 fully saturated rings. The number of rotatable bonds is 6. The third kappa shape index (κ3) is 3.41. The normalized spacial score (nSPS) is 10.9. The molecule has 1 N–H and O–H groups in total. The minimum Gasteiger partial charge on any atom is -0.313 e. The Hall–Kier alpha value is -1.68. The first kappa shape index (κ1) is 13.7. The molecule has 1 aromatic carbocycles. The number of hydrogen-bond donors (Lipinski definition) is 1. The number of hydrogen-bond acceptors (Lipinski definition) is 2. The third-order valence-corrected chi connectivity index (χ3v) is 3.01. The van der Waals surface area contributed by atoms with Gasteiger partial charge in [0.25, 0.3) is 0 Å². The number of benzene rings is 1. The number of aromatic nitrogens is 2. The van der Waals surface area contributed by atoms with Crippen LogP contribution in [0.3, 0.4) is 0 Å². The van der Waals surface area contributed by atoms with E-state index in [2.05, 4.69) is 17.2 Å². The molecule has 0 amide bonds. The van der Waals surface area contributed by atoms with E-state index in [1.165, 1.54) is 0 Å². The zero-order valence-electron chi connectivity index (χ0n) is 11.5. The molecule has 1 aromatic heterocycles. The fourth-order valence-electron chi connectivity index (χ4n) is 2.11. The van der Waals surface area contributed by atoms with Crippen LogP contribution in [0, 0.1) is 5.82 Å². The van der Waals surface area contributed by atoms with E-state index in [0.717, 1.165) is 36.5 Å². The van der Waals surface area contributed by atoms with Gasteiger partial charge in [0.2, 0.25) is 0 Å². The monoisotopic (exact) mass is 261 g/mol. The molecule has 0 saturated heterocycles. The van der Waals surface area contributed by atoms with Crippen molar-refractivity contribution in [2.75, 3.05) is 6.54 Å². The Kier molecular flexibility index (Phi) is 4.68. The van der Waals surface area contributed by atoms with E-state index in [1.54, 1.807) is 18.3 Å². The number of nitrogens with one attached hydrogen (secondary N) is 1. The van der Waals surface area contributed by atoms with Crippen molar-refractivity contribution in [3.05, 3.63) is 47.8 Å². The number of aryl methyl sites for hydroxylation is 1. The van der Waals surface area contributed by atoms with Gasteiger partial charge < -0.3 is 9.88 Å². The second kappa shape index (κ2) is 6.48. The van der Waals surface area contributed by atoms with Crippen LogP contribution in [0.25, 0.3) is 5.69 Å². The molecular weight excluding hydrogens is 241 g/mol. The average Bonchev–Trinajstić information content (AvgIpc) is 2.86. The fourth-order valence-corrected chi connectivity index (χ4v) is 2.11. The Balaban J connectivity index is 2.26. The summed E-state index contributed by atoms with van der Waals surface area (Å²) in [6.45, 7) is 5.79. The molecular formula is C15H20FN3. The molecule has 3 nitrogen and oxygen atoms in total. The van der Waals surface area contributed by atoms with Crippen LogP contribution in [0.2, 0.25) is 0 Å². The van der Waals surface area contributed by atoms with Crippen LogP contribution in [0.1, 0.15) is 31.7 Å². The molecule has 102 valence electrons. The maximum atomic E-state index is 13.7. The van der Waals surface area contributed by atoms with Gasteiger partial charge in [-0.1, -0.05) is 13.8 Å². The lowest BCUT2D eigenvalue weighted by molar-refractivity contribution is 0.617. The van der Waals surface area contributed by atoms with Gasteiger partial charge >= 0.3 is 0 Å². The SMILES string of the molecule is CCCNCc1cc(F)cc(-n2ccnc2CC)c1. The Bertz CT molecular complexity index is 534. The van der Waals surface area contributed by atoms with E-state index in [0.29, 0.717) is 6.54 Å². The predicted octanol–water partition coefficient (Wildman–Crippen LogP) is 3.07. The van der Waals surface area contributed by atoms with Crippen molar-refractivity contribution in [2.24, 2.45) is 0 Å². The molecule has 0 aliphatic carbocycles. The maximum absolute atomic E-state index is 13.7. The maximum Gasteiger partial charge on any atom is 0.125 e. The van der Waals surface area contributed by atoms with E-state index in [4.69, 9.17) is 0 Å². The zero-order chi connectivity index (χ0) is 13.7. The van der Waals surface area contributed by atoms with Crippen molar-refractivity contribution >= 4 is 0 Å². The van der Waals surface area contributed by atoms with Crippen molar-refractivity contribution in [3.8, 4) is 5.69 Å². The molecule has 0 aliphatic heterocycles. The summed E-state index contributed by atoms with van der Waals surface area (Å²) < 4.78 is 15.6. The molecule has 0 radical (unpaired) electrons. The van der Waals surface area contributed by atoms with Gasteiger partial charge in [0.1, 0.15) is 11.6 Å². The van der Waals surface area contributed by atoms with Crippen LogP contribution in [0.5, 0.6) is 0 Å². The first-order valence-electron chi connectivity index (χ1n) is 6.77. The predicted molar refractivity (Wildman–Crippen MR) is 74.9 cm³/mol. The second-order valence-electron chi connectivity index (χ2n) is 4.56. The van der Waals surface area contributed by atoms with Crippen LogP contribution in [-0.4, -0.2) is 16.1 Å². The van der Waals surface area contributed by atoms with E-state index >= 15 is 0 Å². The van der Waals surface area contributed by atoms with Gasteiger partial charge in [-0.05, 0) is 36.7 Å². The van der Waals surface area contributed by atoms with Gasteiger partial charge in [-0.2, -0.15) is 0 Å². The van der Waals surface area contributed by atoms with Gasteiger partial charge in [-0.3, -0.25) is 0 Å². The summed E-state index contributed by atoms with van der Waals surface area (Å²) in [5.41, 5.74) is 1.79. The molecule has 0 aliphatic rings. The quantitative estimate of drug-likeness (QED) is 0.810.